The molecule has 0 spiro atoms. The second-order valence-corrected chi connectivity index (χ2v) is 18.6. The molecule has 0 saturated carbocycles. The Labute approximate surface area is 514 Å². The standard InChI is InChI=1S/C70H62N4O.Pt/c1-45-37-65(71-42-56(45)46-19-11-10-12-20-46)74-61-26-14-13-23-54(61)55-32-31-51(41-64(55)74)75-50-22-17-21-49(40-50)72-44-73(63-28-16-15-27-62(63)72)66-52(47-29-33-57-59(38-47)68(4,5)36-35-67(57,2)3)24-18-25-53(66)48-30-34-58-60(39-48)70(8,9)43-69(58,6)7;/h10-34,37-39,42H,35-36,43H2,1-9H3;/q-2;/i1D3,2D3,3D3,4D3,5D3,6D3,7D3,8D3,9D3,29D,30D,33D,34D,35D2,36D2,38D,39D;. The molecule has 0 radical (unpaired) electrons. The third-order valence-electron chi connectivity index (χ3n) is 13.5. The van der Waals surface area contributed by atoms with Crippen LogP contribution in [-0.4, -0.2) is 14.1 Å². The van der Waals surface area contributed by atoms with Crippen molar-refractivity contribution < 1.29 is 81.1 Å². The van der Waals surface area contributed by atoms with Gasteiger partial charge >= 0.3 is 0 Å². The molecule has 0 saturated heterocycles. The van der Waals surface area contributed by atoms with Gasteiger partial charge in [-0.2, -0.15) is 18.2 Å². The quantitative estimate of drug-likeness (QED) is 0.112. The second kappa shape index (κ2) is 18.2. The number of para-hydroxylation sites is 4. The smallest absolute Gasteiger partial charge is 0.268 e. The van der Waals surface area contributed by atoms with Crippen LogP contribution in [0.3, 0.4) is 0 Å². The molecule has 8 aromatic carbocycles. The number of fused-ring (bicyclic) bond motifs is 6. The van der Waals surface area contributed by atoms with Crippen molar-refractivity contribution in [3.8, 4) is 62.1 Å². The normalized spacial score (nSPS) is 25.8. The summed E-state index contributed by atoms with van der Waals surface area (Å²) in [4.78, 5) is 4.78. The largest absolute Gasteiger partial charge is 0.510 e. The summed E-state index contributed by atoms with van der Waals surface area (Å²) in [7, 11) is 0. The summed E-state index contributed by atoms with van der Waals surface area (Å²) in [5, 5.41) is 1.37. The van der Waals surface area contributed by atoms with E-state index in [1.165, 1.54) is 59.3 Å². The molecular formula is C70H62N4OPt-2. The second-order valence-electron chi connectivity index (χ2n) is 18.6. The van der Waals surface area contributed by atoms with Crippen molar-refractivity contribution >= 4 is 32.8 Å². The summed E-state index contributed by atoms with van der Waals surface area (Å²) in [5.41, 5.74) is -25.6. The van der Waals surface area contributed by atoms with E-state index in [9.17, 15) is 13.7 Å². The zero-order valence-corrected chi connectivity index (χ0v) is 41.8. The van der Waals surface area contributed by atoms with E-state index in [2.05, 4.69) is 18.5 Å². The minimum absolute atomic E-state index is 0. The molecular weight excluding hydrogens is 1110 g/mol. The number of aryl methyl sites for hydroxylation is 1. The molecule has 0 unspecified atom stereocenters. The van der Waals surface area contributed by atoms with Crippen LogP contribution in [0.5, 0.6) is 11.5 Å². The molecule has 11 aromatic rings. The average molecular weight is 1210 g/mol. The molecule has 380 valence electrons. The number of rotatable bonds is 8. The van der Waals surface area contributed by atoms with Crippen LogP contribution in [-0.2, 0) is 42.7 Å². The van der Waals surface area contributed by atoms with E-state index >= 15 is 0 Å². The zero-order valence-electron chi connectivity index (χ0n) is 76.5. The Bertz CT molecular complexity index is 5640. The van der Waals surface area contributed by atoms with Gasteiger partial charge < -0.3 is 13.9 Å². The Hall–Kier alpha value is -7.33. The van der Waals surface area contributed by atoms with Gasteiger partial charge in [-0.1, -0.05) is 188 Å². The van der Waals surface area contributed by atoms with E-state index in [1.54, 1.807) is 53.1 Å². The van der Waals surface area contributed by atoms with Gasteiger partial charge in [0.1, 0.15) is 5.82 Å². The van der Waals surface area contributed by atoms with Crippen LogP contribution in [0.25, 0.3) is 83.4 Å². The van der Waals surface area contributed by atoms with Crippen LogP contribution < -0.4 is 9.30 Å². The maximum atomic E-state index is 10.4. The number of aromatic nitrogens is 4. The molecule has 0 atom stereocenters. The van der Waals surface area contributed by atoms with Crippen molar-refractivity contribution in [2.45, 2.75) is 102 Å². The summed E-state index contributed by atoms with van der Waals surface area (Å²) in [6.07, 6.45) is -6.83. The van der Waals surface area contributed by atoms with Crippen LogP contribution in [0.15, 0.2) is 176 Å². The van der Waals surface area contributed by atoms with Crippen molar-refractivity contribution in [2.24, 2.45) is 0 Å². The number of nitrogens with zero attached hydrogens (tertiary/aromatic N) is 4. The Balaban J connectivity index is 0.0000118. The van der Waals surface area contributed by atoms with E-state index < -0.39 is 189 Å². The van der Waals surface area contributed by atoms with Crippen LogP contribution >= 0.6 is 0 Å². The summed E-state index contributed by atoms with van der Waals surface area (Å²) in [6, 6.07) is 31.4. The van der Waals surface area contributed by atoms with Crippen molar-refractivity contribution in [1.82, 2.24) is 14.1 Å². The summed E-state index contributed by atoms with van der Waals surface area (Å²) >= 11 is 0. The monoisotopic (exact) mass is 1210 g/mol. The molecule has 2 aliphatic rings. The molecule has 0 fully saturated rings. The number of ether oxygens (including phenoxy) is 1. The third-order valence-corrected chi connectivity index (χ3v) is 13.5. The molecule has 0 N–H and O–H groups in total. The van der Waals surface area contributed by atoms with Crippen molar-refractivity contribution in [3.05, 3.63) is 222 Å². The van der Waals surface area contributed by atoms with Gasteiger partial charge in [0, 0.05) is 92.3 Å². The number of imidazole rings is 1. The van der Waals surface area contributed by atoms with Gasteiger partial charge in [0.2, 0.25) is 0 Å². The predicted octanol–water partition coefficient (Wildman–Crippen LogP) is 17.2. The molecule has 2 aliphatic carbocycles. The maximum Gasteiger partial charge on any atom is 0.268 e. The van der Waals surface area contributed by atoms with E-state index in [1.807, 2.05) is 18.2 Å². The number of pyridine rings is 1. The van der Waals surface area contributed by atoms with Crippen LogP contribution in [0.2, 0.25) is 0 Å². The Morgan fingerprint density at radius 3 is 1.96 bits per heavy atom. The molecule has 3 heterocycles. The molecule has 76 heavy (non-hydrogen) atoms. The first-order chi connectivity index (χ1) is 51.3. The molecule has 0 bridgehead atoms. The topological polar surface area (TPSA) is 35.9 Å². The van der Waals surface area contributed by atoms with Gasteiger partial charge in [-0.15, -0.1) is 29.7 Å². The van der Waals surface area contributed by atoms with Gasteiger partial charge in [0.05, 0.1) is 24.9 Å². The van der Waals surface area contributed by atoms with E-state index in [0.717, 1.165) is 28.2 Å². The maximum absolute atomic E-state index is 10.4. The Morgan fingerprint density at radius 1 is 0.592 bits per heavy atom. The predicted molar refractivity (Wildman–Crippen MR) is 307 cm³/mol. The fraction of sp³-hybridized carbons (Fsp3) is 0.229. The average Bonchev–Trinajstić information content (AvgIpc) is 1.46. The number of hydrogen-bond donors (Lipinski definition) is 0. The summed E-state index contributed by atoms with van der Waals surface area (Å²) in [6.45, 7) is -36.6. The van der Waals surface area contributed by atoms with E-state index in [4.69, 9.17) is 46.7 Å². The van der Waals surface area contributed by atoms with Crippen LogP contribution in [0, 0.1) is 25.3 Å². The molecule has 0 aliphatic heterocycles. The SMILES string of the molecule is [2H]c1c([2H])c2c(c([2H])c1-c1cccc(-c3c([2H])c([2H])c4c(c3[2H])C(C([2H])([2H])[2H])(C([2H])([2H])[2H])C([2H])([2H])C([2H])([2H])C4(C([2H])([2H])[2H])C([2H])([2H])[2H])c1-[n+]1[c-]n(-c3[c-]c(Oc4[c-]c5c(cc4)c4ccccc4n5-c4cc(C([2H])([2H])[2H])c(-c5ccccc5)cn4)ccc3)c3ccccc31)C(C([2H])([2H])[2H])(C([2H])([2H])[2H])CC2(C([2H])([2H])[2H])C([2H])([2H])[2H].[Pt]. The number of benzene rings is 8. The van der Waals surface area contributed by atoms with E-state index in [0.29, 0.717) is 27.5 Å². The van der Waals surface area contributed by atoms with Crippen molar-refractivity contribution in [2.75, 3.05) is 0 Å². The van der Waals surface area contributed by atoms with Crippen molar-refractivity contribution in [1.29, 1.82) is 0 Å². The minimum atomic E-state index is -4.80. The molecule has 5 nitrogen and oxygen atoms in total. The van der Waals surface area contributed by atoms with Gasteiger partial charge in [-0.25, -0.2) is 4.98 Å². The van der Waals surface area contributed by atoms with Crippen LogP contribution in [0.4, 0.5) is 0 Å². The van der Waals surface area contributed by atoms with E-state index in [-0.39, 0.29) is 60.7 Å². The Kier molecular flexibility index (Phi) is 5.52. The molecule has 0 amide bonds. The minimum Gasteiger partial charge on any atom is -0.510 e. The van der Waals surface area contributed by atoms with Gasteiger partial charge in [0.25, 0.3) is 6.33 Å². The molecule has 3 aromatic heterocycles. The van der Waals surface area contributed by atoms with Gasteiger partial charge in [-0.05, 0) is 127 Å². The summed E-state index contributed by atoms with van der Waals surface area (Å²) < 4.78 is 349. The fourth-order valence-electron chi connectivity index (χ4n) is 10.1. The first kappa shape index (κ1) is 23.1. The van der Waals surface area contributed by atoms with Crippen molar-refractivity contribution in [3.63, 3.8) is 0 Å². The third kappa shape index (κ3) is 8.16. The van der Waals surface area contributed by atoms with Gasteiger partial charge in [-0.3, -0.25) is 4.57 Å². The first-order valence-corrected chi connectivity index (χ1v) is 23.4. The zero-order chi connectivity index (χ0) is 82.9. The fourth-order valence-corrected chi connectivity index (χ4v) is 10.1. The van der Waals surface area contributed by atoms with Crippen LogP contribution in [0.1, 0.15) is 153 Å². The molecule has 13 rings (SSSR count). The first-order valence-electron chi connectivity index (χ1n) is 41.9. The summed E-state index contributed by atoms with van der Waals surface area (Å²) in [5.74, 6) is 0.228. The number of hydrogen-bond acceptors (Lipinski definition) is 2. The Morgan fingerprint density at radius 2 is 1.22 bits per heavy atom. The van der Waals surface area contributed by atoms with Gasteiger partial charge in [0.15, 0.2) is 0 Å². The molecule has 6 heteroatoms.